The summed E-state index contributed by atoms with van der Waals surface area (Å²) < 4.78 is 11.2. The maximum Gasteiger partial charge on any atom is 0.310 e. The Morgan fingerprint density at radius 3 is 2.36 bits per heavy atom. The standard InChI is InChI=1S/C21H23NO3/c1-4-19(15(2)3)21(23)25-20(14-22)16-9-8-12-18(13-16)24-17-10-6-5-7-11-17/h5-13,15,19-20H,4H2,1-3H3. The van der Waals surface area contributed by atoms with E-state index in [4.69, 9.17) is 9.47 Å². The second-order valence-electron chi connectivity index (χ2n) is 6.19. The number of benzene rings is 2. The van der Waals surface area contributed by atoms with Gasteiger partial charge in [-0.3, -0.25) is 4.79 Å². The Morgan fingerprint density at radius 1 is 1.08 bits per heavy atom. The van der Waals surface area contributed by atoms with Crippen LogP contribution in [0.5, 0.6) is 11.5 Å². The molecule has 2 atom stereocenters. The highest BCUT2D eigenvalue weighted by atomic mass is 16.5. The van der Waals surface area contributed by atoms with Gasteiger partial charge in [0.15, 0.2) is 0 Å². The molecule has 0 bridgehead atoms. The monoisotopic (exact) mass is 337 g/mol. The lowest BCUT2D eigenvalue weighted by Crippen LogP contribution is -2.23. The van der Waals surface area contributed by atoms with E-state index in [2.05, 4.69) is 6.07 Å². The Morgan fingerprint density at radius 2 is 1.76 bits per heavy atom. The van der Waals surface area contributed by atoms with Gasteiger partial charge >= 0.3 is 5.97 Å². The van der Waals surface area contributed by atoms with Crippen LogP contribution in [-0.2, 0) is 9.53 Å². The van der Waals surface area contributed by atoms with Crippen molar-refractivity contribution in [2.75, 3.05) is 0 Å². The molecular weight excluding hydrogens is 314 g/mol. The van der Waals surface area contributed by atoms with E-state index >= 15 is 0 Å². The average molecular weight is 337 g/mol. The maximum absolute atomic E-state index is 12.3. The molecule has 0 aliphatic carbocycles. The van der Waals surface area contributed by atoms with Crippen LogP contribution in [0.2, 0.25) is 0 Å². The molecule has 0 amide bonds. The van der Waals surface area contributed by atoms with Crippen LogP contribution in [0.1, 0.15) is 38.9 Å². The molecule has 0 aliphatic rings. The first-order valence-electron chi connectivity index (χ1n) is 8.48. The zero-order valence-corrected chi connectivity index (χ0v) is 14.8. The van der Waals surface area contributed by atoms with Gasteiger partial charge in [-0.2, -0.15) is 5.26 Å². The molecule has 2 aromatic rings. The third-order valence-corrected chi connectivity index (χ3v) is 4.04. The minimum Gasteiger partial charge on any atom is -0.457 e. The van der Waals surface area contributed by atoms with E-state index in [9.17, 15) is 10.1 Å². The van der Waals surface area contributed by atoms with Gasteiger partial charge in [0.2, 0.25) is 6.10 Å². The number of nitriles is 1. The number of esters is 1. The van der Waals surface area contributed by atoms with Crippen molar-refractivity contribution in [3.8, 4) is 17.6 Å². The quantitative estimate of drug-likeness (QED) is 0.646. The van der Waals surface area contributed by atoms with Gasteiger partial charge < -0.3 is 9.47 Å². The zero-order chi connectivity index (χ0) is 18.2. The number of hydrogen-bond acceptors (Lipinski definition) is 4. The lowest BCUT2D eigenvalue weighted by atomic mass is 9.93. The summed E-state index contributed by atoms with van der Waals surface area (Å²) in [6.07, 6.45) is -0.258. The summed E-state index contributed by atoms with van der Waals surface area (Å²) in [5, 5.41) is 9.43. The first-order valence-corrected chi connectivity index (χ1v) is 8.48. The lowest BCUT2D eigenvalue weighted by molar-refractivity contribution is -0.153. The predicted octanol–water partition coefficient (Wildman–Crippen LogP) is 5.27. The second-order valence-corrected chi connectivity index (χ2v) is 6.19. The Kier molecular flexibility index (Phi) is 6.59. The van der Waals surface area contributed by atoms with E-state index < -0.39 is 6.10 Å². The van der Waals surface area contributed by atoms with Crippen LogP contribution in [0.25, 0.3) is 0 Å². The Labute approximate surface area is 149 Å². The molecule has 0 spiro atoms. The molecule has 0 N–H and O–H groups in total. The predicted molar refractivity (Wildman–Crippen MR) is 96.0 cm³/mol. The van der Waals surface area contributed by atoms with E-state index in [0.29, 0.717) is 23.5 Å². The molecule has 0 heterocycles. The number of nitrogens with zero attached hydrogens (tertiary/aromatic N) is 1. The molecule has 0 aromatic heterocycles. The molecule has 2 rings (SSSR count). The van der Waals surface area contributed by atoms with Gasteiger partial charge in [-0.05, 0) is 36.6 Å². The Bertz CT molecular complexity index is 734. The van der Waals surface area contributed by atoms with Gasteiger partial charge in [-0.1, -0.05) is 51.1 Å². The van der Waals surface area contributed by atoms with Crippen LogP contribution in [0.3, 0.4) is 0 Å². The maximum atomic E-state index is 12.3. The van der Waals surface area contributed by atoms with Crippen LogP contribution in [0.4, 0.5) is 0 Å². The summed E-state index contributed by atoms with van der Waals surface area (Å²) in [7, 11) is 0. The van der Waals surface area contributed by atoms with Crippen molar-refractivity contribution in [1.82, 2.24) is 0 Å². The summed E-state index contributed by atoms with van der Waals surface area (Å²) in [5.41, 5.74) is 0.600. The fourth-order valence-electron chi connectivity index (χ4n) is 2.65. The van der Waals surface area contributed by atoms with Gasteiger partial charge in [-0.25, -0.2) is 0 Å². The van der Waals surface area contributed by atoms with Crippen molar-refractivity contribution in [3.05, 3.63) is 60.2 Å². The Balaban J connectivity index is 2.14. The molecule has 2 aromatic carbocycles. The average Bonchev–Trinajstić information content (AvgIpc) is 2.61. The molecule has 130 valence electrons. The molecule has 25 heavy (non-hydrogen) atoms. The van der Waals surface area contributed by atoms with Gasteiger partial charge in [0, 0.05) is 5.56 Å². The molecule has 0 saturated heterocycles. The van der Waals surface area contributed by atoms with Gasteiger partial charge in [-0.15, -0.1) is 0 Å². The number of hydrogen-bond donors (Lipinski definition) is 0. The molecule has 4 heteroatoms. The number of para-hydroxylation sites is 1. The fourth-order valence-corrected chi connectivity index (χ4v) is 2.65. The summed E-state index contributed by atoms with van der Waals surface area (Å²) in [5.74, 6) is 0.925. The highest BCUT2D eigenvalue weighted by Crippen LogP contribution is 2.27. The summed E-state index contributed by atoms with van der Waals surface area (Å²) in [6, 6.07) is 18.5. The zero-order valence-electron chi connectivity index (χ0n) is 14.8. The number of carbonyl (C=O) groups is 1. The highest BCUT2D eigenvalue weighted by Gasteiger charge is 2.25. The highest BCUT2D eigenvalue weighted by molar-refractivity contribution is 5.73. The molecular formula is C21H23NO3. The van der Waals surface area contributed by atoms with Crippen LogP contribution >= 0.6 is 0 Å². The minimum absolute atomic E-state index is 0.171. The van der Waals surface area contributed by atoms with Crippen LogP contribution in [-0.4, -0.2) is 5.97 Å². The van der Waals surface area contributed by atoms with Crippen molar-refractivity contribution >= 4 is 5.97 Å². The van der Waals surface area contributed by atoms with Crippen LogP contribution < -0.4 is 4.74 Å². The van der Waals surface area contributed by atoms with Gasteiger partial charge in [0.1, 0.15) is 17.6 Å². The summed E-state index contributed by atoms with van der Waals surface area (Å²) in [6.45, 7) is 5.90. The molecule has 0 fully saturated rings. The third-order valence-electron chi connectivity index (χ3n) is 4.04. The number of carbonyl (C=O) groups excluding carboxylic acids is 1. The number of ether oxygens (including phenoxy) is 2. The van der Waals surface area contributed by atoms with E-state index in [-0.39, 0.29) is 17.8 Å². The fraction of sp³-hybridized carbons (Fsp3) is 0.333. The first kappa shape index (κ1) is 18.5. The van der Waals surface area contributed by atoms with E-state index in [1.807, 2.05) is 51.1 Å². The largest absolute Gasteiger partial charge is 0.457 e. The third kappa shape index (κ3) is 5.09. The van der Waals surface area contributed by atoms with E-state index in [0.717, 1.165) is 0 Å². The minimum atomic E-state index is -0.945. The Hall–Kier alpha value is -2.80. The van der Waals surface area contributed by atoms with Gasteiger partial charge in [0.05, 0.1) is 5.92 Å². The lowest BCUT2D eigenvalue weighted by Gasteiger charge is -2.20. The van der Waals surface area contributed by atoms with Crippen molar-refractivity contribution in [2.45, 2.75) is 33.3 Å². The molecule has 0 saturated carbocycles. The van der Waals surface area contributed by atoms with Crippen molar-refractivity contribution in [1.29, 1.82) is 5.26 Å². The SMILES string of the molecule is CCC(C(=O)OC(C#N)c1cccc(Oc2ccccc2)c1)C(C)C. The number of rotatable bonds is 7. The molecule has 2 unspecified atom stereocenters. The normalized spacial score (nSPS) is 12.9. The van der Waals surface area contributed by atoms with Crippen molar-refractivity contribution in [2.24, 2.45) is 11.8 Å². The van der Waals surface area contributed by atoms with Crippen molar-refractivity contribution < 1.29 is 14.3 Å². The van der Waals surface area contributed by atoms with Crippen molar-refractivity contribution in [3.63, 3.8) is 0 Å². The van der Waals surface area contributed by atoms with E-state index in [1.54, 1.807) is 24.3 Å². The van der Waals surface area contributed by atoms with E-state index in [1.165, 1.54) is 0 Å². The van der Waals surface area contributed by atoms with Gasteiger partial charge in [0.25, 0.3) is 0 Å². The molecule has 0 aliphatic heterocycles. The van der Waals surface area contributed by atoms with Crippen LogP contribution in [0.15, 0.2) is 54.6 Å². The molecule has 0 radical (unpaired) electrons. The van der Waals surface area contributed by atoms with Crippen LogP contribution in [0, 0.1) is 23.2 Å². The second kappa shape index (κ2) is 8.89. The topological polar surface area (TPSA) is 59.3 Å². The summed E-state index contributed by atoms with van der Waals surface area (Å²) in [4.78, 5) is 12.3. The smallest absolute Gasteiger partial charge is 0.310 e. The first-order chi connectivity index (χ1) is 12.0. The molecule has 4 nitrogen and oxygen atoms in total. The summed E-state index contributed by atoms with van der Waals surface area (Å²) >= 11 is 0.